The SMILES string of the molecule is COC(=O)c1c(F)cccc1N[C@H](C)c1cc(C)cc2c(=O)cc(-c3ccc4cc[nH]c4n3)oc12. The van der Waals surface area contributed by atoms with Gasteiger partial charge in [-0.25, -0.2) is 14.2 Å². The zero-order chi connectivity index (χ0) is 24.7. The van der Waals surface area contributed by atoms with E-state index >= 15 is 0 Å². The molecule has 0 amide bonds. The summed E-state index contributed by atoms with van der Waals surface area (Å²) in [4.78, 5) is 32.9. The van der Waals surface area contributed by atoms with Crippen LogP contribution in [0, 0.1) is 12.7 Å². The molecular formula is C27H22FN3O4. The number of benzene rings is 2. The number of aromatic amines is 1. The maximum atomic E-state index is 14.4. The Hall–Kier alpha value is -4.46. The molecule has 0 unspecified atom stereocenters. The van der Waals surface area contributed by atoms with E-state index in [1.54, 1.807) is 24.4 Å². The molecule has 7 nitrogen and oxygen atoms in total. The van der Waals surface area contributed by atoms with Gasteiger partial charge in [0.15, 0.2) is 11.2 Å². The Morgan fingerprint density at radius 3 is 2.80 bits per heavy atom. The van der Waals surface area contributed by atoms with Crippen molar-refractivity contribution in [2.24, 2.45) is 0 Å². The van der Waals surface area contributed by atoms with Crippen molar-refractivity contribution in [2.75, 3.05) is 12.4 Å². The smallest absolute Gasteiger partial charge is 0.342 e. The minimum atomic E-state index is -0.786. The van der Waals surface area contributed by atoms with Gasteiger partial charge >= 0.3 is 5.97 Å². The average Bonchev–Trinajstić information content (AvgIpc) is 3.31. The van der Waals surface area contributed by atoms with Gasteiger partial charge in [0.1, 0.15) is 28.3 Å². The average molecular weight is 471 g/mol. The minimum absolute atomic E-state index is 0.190. The summed E-state index contributed by atoms with van der Waals surface area (Å²) in [6, 6.07) is 14.6. The molecule has 5 aromatic rings. The Labute approximate surface area is 199 Å². The van der Waals surface area contributed by atoms with Crippen LogP contribution in [0.15, 0.2) is 70.0 Å². The van der Waals surface area contributed by atoms with Gasteiger partial charge in [0.25, 0.3) is 0 Å². The molecule has 35 heavy (non-hydrogen) atoms. The molecule has 0 aliphatic heterocycles. The number of H-pyrrole nitrogens is 1. The molecule has 0 aliphatic rings. The second-order valence-corrected chi connectivity index (χ2v) is 8.34. The van der Waals surface area contributed by atoms with Crippen LogP contribution in [0.2, 0.25) is 0 Å². The summed E-state index contributed by atoms with van der Waals surface area (Å²) in [7, 11) is 1.20. The third-order valence-corrected chi connectivity index (χ3v) is 5.91. The van der Waals surface area contributed by atoms with E-state index in [4.69, 9.17) is 9.15 Å². The molecule has 0 fully saturated rings. The second kappa shape index (κ2) is 8.72. The predicted octanol–water partition coefficient (Wildman–Crippen LogP) is 5.74. The number of pyridine rings is 1. The van der Waals surface area contributed by atoms with Crippen LogP contribution in [0.5, 0.6) is 0 Å². The third kappa shape index (κ3) is 4.03. The molecule has 2 N–H and O–H groups in total. The number of hydrogen-bond donors (Lipinski definition) is 2. The lowest BCUT2D eigenvalue weighted by Crippen LogP contribution is -2.14. The van der Waals surface area contributed by atoms with Crippen LogP contribution in [-0.4, -0.2) is 23.0 Å². The van der Waals surface area contributed by atoms with Crippen LogP contribution >= 0.6 is 0 Å². The maximum absolute atomic E-state index is 14.4. The first-order valence-corrected chi connectivity index (χ1v) is 11.0. The van der Waals surface area contributed by atoms with Gasteiger partial charge in [-0.05, 0) is 55.8 Å². The van der Waals surface area contributed by atoms with Crippen molar-refractivity contribution in [3.05, 3.63) is 93.5 Å². The molecule has 8 heteroatoms. The van der Waals surface area contributed by atoms with Crippen molar-refractivity contribution in [3.8, 4) is 11.5 Å². The molecular weight excluding hydrogens is 449 g/mol. The summed E-state index contributed by atoms with van der Waals surface area (Å²) in [5, 5.41) is 4.55. The normalized spacial score (nSPS) is 12.1. The zero-order valence-electron chi connectivity index (χ0n) is 19.3. The number of methoxy groups -OCH3 is 1. The summed E-state index contributed by atoms with van der Waals surface area (Å²) in [6.45, 7) is 3.72. The molecule has 5 rings (SSSR count). The van der Waals surface area contributed by atoms with Crippen LogP contribution < -0.4 is 10.7 Å². The molecule has 0 bridgehead atoms. The number of rotatable bonds is 5. The molecule has 1 atom stereocenters. The lowest BCUT2D eigenvalue weighted by molar-refractivity contribution is 0.0596. The number of halogens is 1. The van der Waals surface area contributed by atoms with E-state index in [-0.39, 0.29) is 16.7 Å². The van der Waals surface area contributed by atoms with Crippen molar-refractivity contribution in [3.63, 3.8) is 0 Å². The molecule has 176 valence electrons. The largest absolute Gasteiger partial charge is 0.465 e. The predicted molar refractivity (Wildman–Crippen MR) is 132 cm³/mol. The van der Waals surface area contributed by atoms with Gasteiger partial charge in [0.2, 0.25) is 0 Å². The van der Waals surface area contributed by atoms with Crippen molar-refractivity contribution in [2.45, 2.75) is 19.9 Å². The third-order valence-electron chi connectivity index (χ3n) is 5.91. The van der Waals surface area contributed by atoms with Crippen LogP contribution in [-0.2, 0) is 4.74 Å². The number of aryl methyl sites for hydroxylation is 1. The second-order valence-electron chi connectivity index (χ2n) is 8.34. The minimum Gasteiger partial charge on any atom is -0.465 e. The number of nitrogens with one attached hydrogen (secondary N) is 2. The molecule has 0 radical (unpaired) electrons. The van der Waals surface area contributed by atoms with E-state index in [2.05, 4.69) is 15.3 Å². The maximum Gasteiger partial charge on any atom is 0.342 e. The Bertz CT molecular complexity index is 1650. The fraction of sp³-hybridized carbons (Fsp3) is 0.148. The quantitative estimate of drug-likeness (QED) is 0.317. The highest BCUT2D eigenvalue weighted by Crippen LogP contribution is 2.32. The summed E-state index contributed by atoms with van der Waals surface area (Å²) >= 11 is 0. The lowest BCUT2D eigenvalue weighted by atomic mass is 10.0. The van der Waals surface area contributed by atoms with Gasteiger partial charge in [0, 0.05) is 23.2 Å². The number of aromatic nitrogens is 2. The number of carbonyl (C=O) groups is 1. The van der Waals surface area contributed by atoms with Gasteiger partial charge in [-0.2, -0.15) is 0 Å². The standard InChI is InChI=1S/C27H22FN3O4/c1-14-11-17(15(2)30-21-6-4-5-19(28)24(21)27(33)34-3)25-18(12-14)22(32)13-23(35-25)20-8-7-16-9-10-29-26(16)31-20/h4-13,15,30H,1-3H3,(H,29,31)/t15-/m1/s1. The Morgan fingerprint density at radius 2 is 2.00 bits per heavy atom. The van der Waals surface area contributed by atoms with E-state index in [1.165, 1.54) is 25.3 Å². The Morgan fingerprint density at radius 1 is 1.17 bits per heavy atom. The molecule has 0 saturated heterocycles. The van der Waals surface area contributed by atoms with E-state index in [0.717, 1.165) is 10.9 Å². The first-order valence-electron chi connectivity index (χ1n) is 11.0. The highest BCUT2D eigenvalue weighted by Gasteiger charge is 2.21. The molecule has 3 heterocycles. The zero-order valence-corrected chi connectivity index (χ0v) is 19.3. The van der Waals surface area contributed by atoms with Crippen LogP contribution in [0.3, 0.4) is 0 Å². The van der Waals surface area contributed by atoms with E-state index < -0.39 is 17.8 Å². The summed E-state index contributed by atoms with van der Waals surface area (Å²) in [5.41, 5.74) is 3.02. The summed E-state index contributed by atoms with van der Waals surface area (Å²) in [6.07, 6.45) is 1.79. The fourth-order valence-corrected chi connectivity index (χ4v) is 4.21. The van der Waals surface area contributed by atoms with Crippen LogP contribution in [0.25, 0.3) is 33.5 Å². The first kappa shape index (κ1) is 22.3. The number of carbonyl (C=O) groups excluding carboxylic acids is 1. The van der Waals surface area contributed by atoms with Crippen molar-refractivity contribution < 1.29 is 18.3 Å². The lowest BCUT2D eigenvalue weighted by Gasteiger charge is -2.20. The molecule has 2 aromatic carbocycles. The van der Waals surface area contributed by atoms with Gasteiger partial charge < -0.3 is 19.5 Å². The molecule has 3 aromatic heterocycles. The molecule has 0 aliphatic carbocycles. The summed E-state index contributed by atoms with van der Waals surface area (Å²) in [5.74, 6) is -1.15. The number of esters is 1. The number of fused-ring (bicyclic) bond motifs is 2. The Kier molecular flexibility index (Phi) is 5.56. The topological polar surface area (TPSA) is 97.2 Å². The first-order chi connectivity index (χ1) is 16.9. The molecule has 0 saturated carbocycles. The van der Waals surface area contributed by atoms with Gasteiger partial charge in [-0.15, -0.1) is 0 Å². The van der Waals surface area contributed by atoms with Crippen molar-refractivity contribution in [1.82, 2.24) is 9.97 Å². The number of nitrogens with zero attached hydrogens (tertiary/aromatic N) is 1. The van der Waals surface area contributed by atoms with Crippen LogP contribution in [0.1, 0.15) is 34.5 Å². The number of hydrogen-bond acceptors (Lipinski definition) is 6. The number of ether oxygens (including phenoxy) is 1. The fourth-order valence-electron chi connectivity index (χ4n) is 4.21. The van der Waals surface area contributed by atoms with Crippen molar-refractivity contribution in [1.29, 1.82) is 0 Å². The monoisotopic (exact) mass is 471 g/mol. The number of anilines is 1. The Balaban J connectivity index is 1.63. The van der Waals surface area contributed by atoms with E-state index in [1.807, 2.05) is 32.0 Å². The summed E-state index contributed by atoms with van der Waals surface area (Å²) < 4.78 is 25.4. The highest BCUT2D eigenvalue weighted by molar-refractivity contribution is 5.96. The van der Waals surface area contributed by atoms with E-state index in [0.29, 0.717) is 33.6 Å². The highest BCUT2D eigenvalue weighted by atomic mass is 19.1. The van der Waals surface area contributed by atoms with Crippen LogP contribution in [0.4, 0.5) is 10.1 Å². The van der Waals surface area contributed by atoms with E-state index in [9.17, 15) is 14.0 Å². The van der Waals surface area contributed by atoms with Crippen molar-refractivity contribution >= 4 is 33.7 Å². The van der Waals surface area contributed by atoms with Gasteiger partial charge in [-0.3, -0.25) is 4.79 Å². The van der Waals surface area contributed by atoms with Gasteiger partial charge in [-0.1, -0.05) is 12.1 Å². The van der Waals surface area contributed by atoms with Gasteiger partial charge in [0.05, 0.1) is 24.2 Å². The molecule has 0 spiro atoms.